The van der Waals surface area contributed by atoms with Crippen molar-refractivity contribution >= 4 is 22.2 Å². The predicted octanol–water partition coefficient (Wildman–Crippen LogP) is 3.80. The van der Waals surface area contributed by atoms with Crippen LogP contribution in [0.5, 0.6) is 0 Å². The number of anilines is 2. The Bertz CT molecular complexity index is 611. The third kappa shape index (κ3) is 3.85. The van der Waals surface area contributed by atoms with Crippen molar-refractivity contribution in [2.75, 3.05) is 18.5 Å². The average Bonchev–Trinajstić information content (AvgIpc) is 2.93. The number of hydrogen-bond acceptors (Lipinski definition) is 5. The van der Waals surface area contributed by atoms with Gasteiger partial charge in [0, 0.05) is 30.2 Å². The smallest absolute Gasteiger partial charge is 0.187 e. The maximum atomic E-state index is 5.68. The zero-order valence-electron chi connectivity index (χ0n) is 13.4. The largest absolute Gasteiger partial charge is 0.376 e. The van der Waals surface area contributed by atoms with Crippen LogP contribution in [0.3, 0.4) is 0 Å². The van der Waals surface area contributed by atoms with E-state index in [1.807, 2.05) is 0 Å². The number of aryl methyl sites for hydroxylation is 1. The Balaban J connectivity index is 1.62. The van der Waals surface area contributed by atoms with Gasteiger partial charge in [-0.15, -0.1) is 11.3 Å². The summed E-state index contributed by atoms with van der Waals surface area (Å²) in [5.41, 5.74) is 3.47. The molecule has 4 nitrogen and oxygen atoms in total. The van der Waals surface area contributed by atoms with Crippen molar-refractivity contribution < 1.29 is 4.74 Å². The molecular weight excluding hydrogens is 294 g/mol. The number of ether oxygens (including phenoxy) is 1. The molecule has 0 amide bonds. The molecule has 1 saturated heterocycles. The maximum Gasteiger partial charge on any atom is 0.187 e. The molecule has 0 radical (unpaired) electrons. The summed E-state index contributed by atoms with van der Waals surface area (Å²) in [6.45, 7) is 9.10. The first-order chi connectivity index (χ1) is 10.6. The van der Waals surface area contributed by atoms with Crippen molar-refractivity contribution in [2.45, 2.75) is 39.5 Å². The van der Waals surface area contributed by atoms with Crippen molar-refractivity contribution in [2.24, 2.45) is 0 Å². The molecule has 1 aromatic heterocycles. The Morgan fingerprint density at radius 1 is 1.32 bits per heavy atom. The molecule has 0 spiro atoms. The molecule has 0 aliphatic carbocycles. The van der Waals surface area contributed by atoms with E-state index in [1.165, 1.54) is 5.56 Å². The van der Waals surface area contributed by atoms with Gasteiger partial charge in [-0.25, -0.2) is 4.98 Å². The van der Waals surface area contributed by atoms with Crippen LogP contribution in [0.25, 0.3) is 0 Å². The van der Waals surface area contributed by atoms with Gasteiger partial charge in [0.1, 0.15) is 0 Å². The molecule has 2 heterocycles. The minimum absolute atomic E-state index is 0.306. The second kappa shape index (κ2) is 6.77. The molecular formula is C17H23N3OS. The van der Waals surface area contributed by atoms with E-state index in [4.69, 9.17) is 9.72 Å². The van der Waals surface area contributed by atoms with Crippen LogP contribution in [0.2, 0.25) is 0 Å². The summed E-state index contributed by atoms with van der Waals surface area (Å²) in [6, 6.07) is 8.83. The summed E-state index contributed by atoms with van der Waals surface area (Å²) in [5.74, 6) is 0. The van der Waals surface area contributed by atoms with Crippen LogP contribution in [0.15, 0.2) is 29.6 Å². The highest BCUT2D eigenvalue weighted by Gasteiger charge is 2.23. The van der Waals surface area contributed by atoms with Crippen molar-refractivity contribution in [1.82, 2.24) is 9.88 Å². The van der Waals surface area contributed by atoms with Crippen LogP contribution in [0.1, 0.15) is 25.1 Å². The van der Waals surface area contributed by atoms with Crippen molar-refractivity contribution in [3.63, 3.8) is 0 Å². The standard InChI is InChI=1S/C17H23N3OS/c1-12-4-6-15(7-5-12)18-17-19-16(11-22-17)9-20-8-14(3)21-10-13(20)2/h4-7,11,13-14H,8-10H2,1-3H3,(H,18,19). The lowest BCUT2D eigenvalue weighted by molar-refractivity contribution is -0.0530. The minimum Gasteiger partial charge on any atom is -0.376 e. The van der Waals surface area contributed by atoms with Crippen LogP contribution in [0.4, 0.5) is 10.8 Å². The summed E-state index contributed by atoms with van der Waals surface area (Å²) in [6.07, 6.45) is 0.306. The first kappa shape index (κ1) is 15.5. The molecule has 22 heavy (non-hydrogen) atoms. The predicted molar refractivity (Wildman–Crippen MR) is 91.9 cm³/mol. The van der Waals surface area contributed by atoms with Gasteiger partial charge in [-0.3, -0.25) is 4.90 Å². The number of morpholine rings is 1. The molecule has 0 bridgehead atoms. The van der Waals surface area contributed by atoms with Gasteiger partial charge in [-0.05, 0) is 32.9 Å². The van der Waals surface area contributed by atoms with Gasteiger partial charge < -0.3 is 10.1 Å². The normalized spacial score (nSPS) is 22.7. The Hall–Kier alpha value is -1.43. The minimum atomic E-state index is 0.306. The number of rotatable bonds is 4. The molecule has 2 aromatic rings. The fourth-order valence-corrected chi connectivity index (χ4v) is 3.32. The van der Waals surface area contributed by atoms with Gasteiger partial charge in [0.05, 0.1) is 18.4 Å². The highest BCUT2D eigenvalue weighted by molar-refractivity contribution is 7.13. The maximum absolute atomic E-state index is 5.68. The number of hydrogen-bond donors (Lipinski definition) is 1. The number of nitrogens with one attached hydrogen (secondary N) is 1. The Morgan fingerprint density at radius 2 is 2.09 bits per heavy atom. The van der Waals surface area contributed by atoms with Gasteiger partial charge in [0.2, 0.25) is 0 Å². The molecule has 1 aliphatic rings. The zero-order chi connectivity index (χ0) is 15.5. The fourth-order valence-electron chi connectivity index (χ4n) is 2.60. The molecule has 5 heteroatoms. The highest BCUT2D eigenvalue weighted by Crippen LogP contribution is 2.23. The molecule has 118 valence electrons. The molecule has 2 atom stereocenters. The quantitative estimate of drug-likeness (QED) is 0.930. The summed E-state index contributed by atoms with van der Waals surface area (Å²) < 4.78 is 5.68. The number of aromatic nitrogens is 1. The van der Waals surface area contributed by atoms with E-state index in [1.54, 1.807) is 11.3 Å². The molecule has 2 unspecified atom stereocenters. The molecule has 1 aromatic carbocycles. The van der Waals surface area contributed by atoms with Gasteiger partial charge >= 0.3 is 0 Å². The summed E-state index contributed by atoms with van der Waals surface area (Å²) in [5, 5.41) is 6.47. The number of nitrogens with zero attached hydrogens (tertiary/aromatic N) is 2. The van der Waals surface area contributed by atoms with Crippen molar-refractivity contribution in [3.8, 4) is 0 Å². The first-order valence-electron chi connectivity index (χ1n) is 7.74. The molecule has 1 fully saturated rings. The second-order valence-electron chi connectivity index (χ2n) is 6.06. The molecule has 0 saturated carbocycles. The molecule has 1 N–H and O–H groups in total. The van der Waals surface area contributed by atoms with Gasteiger partial charge in [0.25, 0.3) is 0 Å². The van der Waals surface area contributed by atoms with E-state index >= 15 is 0 Å². The summed E-state index contributed by atoms with van der Waals surface area (Å²) in [7, 11) is 0. The zero-order valence-corrected chi connectivity index (χ0v) is 14.2. The Kier molecular flexibility index (Phi) is 4.76. The SMILES string of the molecule is Cc1ccc(Nc2nc(CN3CC(C)OCC3C)cs2)cc1. The number of benzene rings is 1. The second-order valence-corrected chi connectivity index (χ2v) is 6.92. The molecule has 3 rings (SSSR count). The van der Waals surface area contributed by atoms with Gasteiger partial charge in [-0.1, -0.05) is 17.7 Å². The first-order valence-corrected chi connectivity index (χ1v) is 8.62. The van der Waals surface area contributed by atoms with Crippen LogP contribution >= 0.6 is 11.3 Å². The Labute approximate surface area is 136 Å². The highest BCUT2D eigenvalue weighted by atomic mass is 32.1. The van der Waals surface area contributed by atoms with E-state index in [2.05, 4.69) is 60.6 Å². The van der Waals surface area contributed by atoms with E-state index in [9.17, 15) is 0 Å². The molecule has 1 aliphatic heterocycles. The third-order valence-corrected chi connectivity index (χ3v) is 4.76. The van der Waals surface area contributed by atoms with E-state index in [0.717, 1.165) is 36.2 Å². The van der Waals surface area contributed by atoms with Crippen LogP contribution in [-0.2, 0) is 11.3 Å². The Morgan fingerprint density at radius 3 is 2.86 bits per heavy atom. The fraction of sp³-hybridized carbons (Fsp3) is 0.471. The van der Waals surface area contributed by atoms with Gasteiger partial charge in [0.15, 0.2) is 5.13 Å². The van der Waals surface area contributed by atoms with Crippen LogP contribution in [0, 0.1) is 6.92 Å². The van der Waals surface area contributed by atoms with Crippen LogP contribution < -0.4 is 5.32 Å². The summed E-state index contributed by atoms with van der Waals surface area (Å²) >= 11 is 1.66. The monoisotopic (exact) mass is 317 g/mol. The number of thiazole rings is 1. The lowest BCUT2D eigenvalue weighted by atomic mass is 10.2. The summed E-state index contributed by atoms with van der Waals surface area (Å²) in [4.78, 5) is 7.15. The lowest BCUT2D eigenvalue weighted by Crippen LogP contribution is -2.46. The van der Waals surface area contributed by atoms with E-state index in [-0.39, 0.29) is 0 Å². The van der Waals surface area contributed by atoms with E-state index in [0.29, 0.717) is 12.1 Å². The van der Waals surface area contributed by atoms with Crippen molar-refractivity contribution in [3.05, 3.63) is 40.9 Å². The van der Waals surface area contributed by atoms with E-state index < -0.39 is 0 Å². The third-order valence-electron chi connectivity index (χ3n) is 3.96. The lowest BCUT2D eigenvalue weighted by Gasteiger charge is -2.36. The van der Waals surface area contributed by atoms with Gasteiger partial charge in [-0.2, -0.15) is 0 Å². The van der Waals surface area contributed by atoms with Crippen LogP contribution in [-0.4, -0.2) is 35.2 Å². The average molecular weight is 317 g/mol. The van der Waals surface area contributed by atoms with Crippen molar-refractivity contribution in [1.29, 1.82) is 0 Å². The topological polar surface area (TPSA) is 37.4 Å².